The maximum atomic E-state index is 6.29. The molecule has 0 saturated heterocycles. The molecule has 2 aromatic rings. The minimum atomic E-state index is 0.434. The van der Waals surface area contributed by atoms with E-state index >= 15 is 0 Å². The molecule has 1 heterocycles. The molecule has 0 aliphatic heterocycles. The van der Waals surface area contributed by atoms with Crippen LogP contribution in [0.2, 0.25) is 5.02 Å². The highest BCUT2D eigenvalue weighted by Gasteiger charge is 2.11. The van der Waals surface area contributed by atoms with Crippen molar-refractivity contribution in [2.24, 2.45) is 0 Å². The Morgan fingerprint density at radius 1 is 1.28 bits per heavy atom. The minimum absolute atomic E-state index is 0.434. The van der Waals surface area contributed by atoms with E-state index in [0.717, 1.165) is 17.9 Å². The molecule has 0 aliphatic carbocycles. The van der Waals surface area contributed by atoms with Crippen LogP contribution in [0.3, 0.4) is 0 Å². The number of hydrogen-bond donors (Lipinski definition) is 1. The van der Waals surface area contributed by atoms with Gasteiger partial charge in [-0.15, -0.1) is 11.3 Å². The third-order valence-corrected chi connectivity index (χ3v) is 4.36. The fourth-order valence-electron chi connectivity index (χ4n) is 2.03. The van der Waals surface area contributed by atoms with Gasteiger partial charge in [0.25, 0.3) is 0 Å². The van der Waals surface area contributed by atoms with Crippen molar-refractivity contribution in [2.75, 3.05) is 7.05 Å². The van der Waals surface area contributed by atoms with Gasteiger partial charge in [0.1, 0.15) is 0 Å². The van der Waals surface area contributed by atoms with Crippen molar-refractivity contribution in [1.82, 2.24) is 5.32 Å². The van der Waals surface area contributed by atoms with E-state index in [4.69, 9.17) is 11.6 Å². The number of rotatable bonds is 5. The molecule has 18 heavy (non-hydrogen) atoms. The Labute approximate surface area is 118 Å². The summed E-state index contributed by atoms with van der Waals surface area (Å²) in [5.41, 5.74) is 2.43. The summed E-state index contributed by atoms with van der Waals surface area (Å²) in [4.78, 5) is 1.41. The van der Waals surface area contributed by atoms with Gasteiger partial charge >= 0.3 is 0 Å². The van der Waals surface area contributed by atoms with Crippen molar-refractivity contribution in [3.8, 4) is 0 Å². The van der Waals surface area contributed by atoms with Gasteiger partial charge in [-0.3, -0.25) is 0 Å². The SMILES string of the molecule is CNC(Cc1cccs1)Cc1ccc(C)cc1Cl. The zero-order chi connectivity index (χ0) is 13.0. The zero-order valence-corrected chi connectivity index (χ0v) is 12.3. The molecule has 0 amide bonds. The summed E-state index contributed by atoms with van der Waals surface area (Å²) >= 11 is 8.10. The average Bonchev–Trinajstić information content (AvgIpc) is 2.84. The lowest BCUT2D eigenvalue weighted by Gasteiger charge is -2.16. The predicted octanol–water partition coefficient (Wildman–Crippen LogP) is 4.08. The van der Waals surface area contributed by atoms with E-state index < -0.39 is 0 Å². The Balaban J connectivity index is 2.05. The van der Waals surface area contributed by atoms with Crippen molar-refractivity contribution in [2.45, 2.75) is 25.8 Å². The second-order valence-corrected chi connectivity index (χ2v) is 6.01. The molecule has 0 aliphatic rings. The van der Waals surface area contributed by atoms with E-state index in [1.807, 2.05) is 24.5 Å². The van der Waals surface area contributed by atoms with Crippen LogP contribution in [-0.2, 0) is 12.8 Å². The third kappa shape index (κ3) is 3.58. The highest BCUT2D eigenvalue weighted by molar-refractivity contribution is 7.09. The molecule has 1 unspecified atom stereocenters. The van der Waals surface area contributed by atoms with Gasteiger partial charge < -0.3 is 5.32 Å². The molecule has 0 fully saturated rings. The molecule has 96 valence electrons. The quantitative estimate of drug-likeness (QED) is 0.869. The van der Waals surface area contributed by atoms with Gasteiger partial charge in [0.05, 0.1) is 0 Å². The van der Waals surface area contributed by atoms with Crippen molar-refractivity contribution in [3.05, 3.63) is 56.7 Å². The minimum Gasteiger partial charge on any atom is -0.316 e. The van der Waals surface area contributed by atoms with Crippen LogP contribution in [0.1, 0.15) is 16.0 Å². The lowest BCUT2D eigenvalue weighted by Crippen LogP contribution is -2.29. The molecule has 1 aromatic heterocycles. The Bertz CT molecular complexity index is 493. The lowest BCUT2D eigenvalue weighted by molar-refractivity contribution is 0.560. The standard InChI is InChI=1S/C15H18ClNS/c1-11-5-6-12(15(16)8-11)9-13(17-2)10-14-4-3-7-18-14/h3-8,13,17H,9-10H2,1-2H3. The Morgan fingerprint density at radius 2 is 2.11 bits per heavy atom. The molecule has 1 N–H and O–H groups in total. The second kappa shape index (κ2) is 6.37. The fraction of sp³-hybridized carbons (Fsp3) is 0.333. The van der Waals surface area contributed by atoms with Crippen LogP contribution in [0.4, 0.5) is 0 Å². The smallest absolute Gasteiger partial charge is 0.0441 e. The Hall–Kier alpha value is -0.830. The Kier molecular flexibility index (Phi) is 4.81. The van der Waals surface area contributed by atoms with Gasteiger partial charge in [0, 0.05) is 15.9 Å². The topological polar surface area (TPSA) is 12.0 Å². The van der Waals surface area contributed by atoms with Gasteiger partial charge in [-0.25, -0.2) is 0 Å². The molecule has 0 bridgehead atoms. The van der Waals surface area contributed by atoms with Crippen LogP contribution in [0.5, 0.6) is 0 Å². The number of thiophene rings is 1. The van der Waals surface area contributed by atoms with Crippen molar-refractivity contribution >= 4 is 22.9 Å². The van der Waals surface area contributed by atoms with E-state index in [1.54, 1.807) is 0 Å². The molecule has 1 atom stereocenters. The largest absolute Gasteiger partial charge is 0.316 e. The first-order valence-corrected chi connectivity index (χ1v) is 7.39. The molecular weight excluding hydrogens is 262 g/mol. The van der Waals surface area contributed by atoms with Crippen LogP contribution in [0.25, 0.3) is 0 Å². The van der Waals surface area contributed by atoms with Crippen LogP contribution in [0, 0.1) is 6.92 Å². The summed E-state index contributed by atoms with van der Waals surface area (Å²) < 4.78 is 0. The molecule has 0 radical (unpaired) electrons. The fourth-order valence-corrected chi connectivity index (χ4v) is 3.13. The number of aryl methyl sites for hydroxylation is 1. The predicted molar refractivity (Wildman–Crippen MR) is 80.8 cm³/mol. The van der Waals surface area contributed by atoms with Crippen molar-refractivity contribution < 1.29 is 0 Å². The van der Waals surface area contributed by atoms with E-state index in [9.17, 15) is 0 Å². The second-order valence-electron chi connectivity index (χ2n) is 4.57. The summed E-state index contributed by atoms with van der Waals surface area (Å²) in [6.07, 6.45) is 2.02. The summed E-state index contributed by atoms with van der Waals surface area (Å²) in [6.45, 7) is 2.07. The molecule has 0 spiro atoms. The zero-order valence-electron chi connectivity index (χ0n) is 10.7. The monoisotopic (exact) mass is 279 g/mol. The van der Waals surface area contributed by atoms with Gasteiger partial charge in [-0.2, -0.15) is 0 Å². The van der Waals surface area contributed by atoms with Gasteiger partial charge in [0.2, 0.25) is 0 Å². The van der Waals surface area contributed by atoms with Crippen molar-refractivity contribution in [3.63, 3.8) is 0 Å². The number of benzene rings is 1. The first-order valence-electron chi connectivity index (χ1n) is 6.13. The molecular formula is C15H18ClNS. The van der Waals surface area contributed by atoms with Gasteiger partial charge in [-0.05, 0) is 55.5 Å². The molecule has 1 aromatic carbocycles. The van der Waals surface area contributed by atoms with Gasteiger partial charge in [0.15, 0.2) is 0 Å². The molecule has 1 nitrogen and oxygen atoms in total. The summed E-state index contributed by atoms with van der Waals surface area (Å²) in [7, 11) is 2.01. The highest BCUT2D eigenvalue weighted by atomic mass is 35.5. The number of nitrogens with one attached hydrogen (secondary N) is 1. The molecule has 0 saturated carbocycles. The maximum absolute atomic E-state index is 6.29. The first-order chi connectivity index (χ1) is 8.69. The van der Waals surface area contributed by atoms with E-state index in [0.29, 0.717) is 6.04 Å². The number of likely N-dealkylation sites (N-methyl/N-ethyl adjacent to an activating group) is 1. The molecule has 3 heteroatoms. The summed E-state index contributed by atoms with van der Waals surface area (Å²) in [6, 6.07) is 11.0. The van der Waals surface area contributed by atoms with E-state index in [2.05, 4.69) is 41.9 Å². The normalized spacial score (nSPS) is 12.6. The van der Waals surface area contributed by atoms with E-state index in [1.165, 1.54) is 16.0 Å². The third-order valence-electron chi connectivity index (χ3n) is 3.11. The lowest BCUT2D eigenvalue weighted by atomic mass is 10.0. The summed E-state index contributed by atoms with van der Waals surface area (Å²) in [5, 5.41) is 6.38. The summed E-state index contributed by atoms with van der Waals surface area (Å²) in [5.74, 6) is 0. The number of halogens is 1. The van der Waals surface area contributed by atoms with Gasteiger partial charge in [-0.1, -0.05) is 29.8 Å². The highest BCUT2D eigenvalue weighted by Crippen LogP contribution is 2.21. The Morgan fingerprint density at radius 3 is 2.72 bits per heavy atom. The van der Waals surface area contributed by atoms with Crippen LogP contribution in [0.15, 0.2) is 35.7 Å². The van der Waals surface area contributed by atoms with Crippen LogP contribution in [-0.4, -0.2) is 13.1 Å². The van der Waals surface area contributed by atoms with E-state index in [-0.39, 0.29) is 0 Å². The van der Waals surface area contributed by atoms with Crippen LogP contribution >= 0.6 is 22.9 Å². The molecule has 2 rings (SSSR count). The number of hydrogen-bond acceptors (Lipinski definition) is 2. The average molecular weight is 280 g/mol. The van der Waals surface area contributed by atoms with Crippen molar-refractivity contribution in [1.29, 1.82) is 0 Å². The maximum Gasteiger partial charge on any atom is 0.0441 e. The van der Waals surface area contributed by atoms with Crippen LogP contribution < -0.4 is 5.32 Å². The first kappa shape index (κ1) is 13.6.